The van der Waals surface area contributed by atoms with Crippen LogP contribution in [0.3, 0.4) is 0 Å². The first-order valence-electron chi connectivity index (χ1n) is 7.29. The lowest BCUT2D eigenvalue weighted by Crippen LogP contribution is -2.02. The van der Waals surface area contributed by atoms with Gasteiger partial charge in [-0.05, 0) is 18.2 Å². The summed E-state index contributed by atoms with van der Waals surface area (Å²) in [7, 11) is 4.29. The van der Waals surface area contributed by atoms with Crippen molar-refractivity contribution in [2.45, 2.75) is 0 Å². The molecule has 0 aliphatic rings. The van der Waals surface area contributed by atoms with E-state index in [0.29, 0.717) is 17.1 Å². The molecule has 2 aromatic carbocycles. The number of phenols is 2. The first-order chi connectivity index (χ1) is 12.0. The van der Waals surface area contributed by atoms with Crippen molar-refractivity contribution in [1.29, 1.82) is 0 Å². The van der Waals surface area contributed by atoms with Gasteiger partial charge in [0.1, 0.15) is 22.6 Å². The molecule has 7 heteroatoms. The van der Waals surface area contributed by atoms with Gasteiger partial charge in [-0.15, -0.1) is 0 Å². The van der Waals surface area contributed by atoms with Gasteiger partial charge in [0.25, 0.3) is 0 Å². The smallest absolute Gasteiger partial charge is 0.197 e. The van der Waals surface area contributed by atoms with E-state index in [2.05, 4.69) is 0 Å². The Morgan fingerprint density at radius 1 is 0.840 bits per heavy atom. The molecule has 0 unspecified atom stereocenters. The van der Waals surface area contributed by atoms with Crippen LogP contribution in [0.5, 0.6) is 28.7 Å². The third-order valence-corrected chi connectivity index (χ3v) is 3.81. The lowest BCUT2D eigenvalue weighted by molar-refractivity contribution is 0.364. The second-order valence-electron chi connectivity index (χ2n) is 5.19. The van der Waals surface area contributed by atoms with E-state index >= 15 is 0 Å². The summed E-state index contributed by atoms with van der Waals surface area (Å²) in [5, 5.41) is 20.0. The van der Waals surface area contributed by atoms with Crippen molar-refractivity contribution >= 4 is 11.0 Å². The second kappa shape index (κ2) is 6.27. The molecule has 130 valence electrons. The number of hydrogen-bond acceptors (Lipinski definition) is 7. The summed E-state index contributed by atoms with van der Waals surface area (Å²) in [5.41, 5.74) is -0.00225. The van der Waals surface area contributed by atoms with Gasteiger partial charge in [-0.3, -0.25) is 4.79 Å². The molecule has 0 atom stereocenters. The maximum absolute atomic E-state index is 12.5. The predicted molar refractivity (Wildman–Crippen MR) is 90.9 cm³/mol. The average Bonchev–Trinajstić information content (AvgIpc) is 2.61. The Kier molecular flexibility index (Phi) is 4.14. The highest BCUT2D eigenvalue weighted by atomic mass is 16.5. The molecule has 7 nitrogen and oxygen atoms in total. The number of rotatable bonds is 4. The zero-order valence-electron chi connectivity index (χ0n) is 13.8. The molecule has 0 bridgehead atoms. The van der Waals surface area contributed by atoms with Gasteiger partial charge in [-0.25, -0.2) is 0 Å². The Balaban J connectivity index is 2.34. The predicted octanol–water partition coefficient (Wildman–Crippen LogP) is 2.90. The van der Waals surface area contributed by atoms with Gasteiger partial charge in [-0.2, -0.15) is 0 Å². The fourth-order valence-electron chi connectivity index (χ4n) is 2.59. The van der Waals surface area contributed by atoms with Gasteiger partial charge < -0.3 is 28.8 Å². The standard InChI is InChI=1S/C18H16O7/c1-22-13-5-4-10(19)17-12(21)7-15(25-18(13)17)9-6-11(20)16(24-3)8-14(9)23-2/h4-8,19-20H,1-3H3. The van der Waals surface area contributed by atoms with Crippen molar-refractivity contribution in [3.63, 3.8) is 0 Å². The molecular weight excluding hydrogens is 328 g/mol. The number of phenolic OH excluding ortho intramolecular Hbond substituents is 2. The lowest BCUT2D eigenvalue weighted by atomic mass is 10.1. The van der Waals surface area contributed by atoms with E-state index < -0.39 is 5.43 Å². The highest BCUT2D eigenvalue weighted by molar-refractivity contribution is 5.89. The molecule has 0 saturated heterocycles. The quantitative estimate of drug-likeness (QED) is 0.751. The van der Waals surface area contributed by atoms with Crippen molar-refractivity contribution in [1.82, 2.24) is 0 Å². The fourth-order valence-corrected chi connectivity index (χ4v) is 2.59. The molecular formula is C18H16O7. The zero-order chi connectivity index (χ0) is 18.1. The highest BCUT2D eigenvalue weighted by Gasteiger charge is 2.19. The van der Waals surface area contributed by atoms with Crippen LogP contribution in [-0.2, 0) is 0 Å². The summed E-state index contributed by atoms with van der Waals surface area (Å²) in [6.45, 7) is 0. The molecule has 0 saturated carbocycles. The van der Waals surface area contributed by atoms with Crippen LogP contribution in [0.1, 0.15) is 0 Å². The Labute approximate surface area is 142 Å². The fraction of sp³-hybridized carbons (Fsp3) is 0.167. The number of hydrogen-bond donors (Lipinski definition) is 2. The minimum absolute atomic E-state index is 0.0137. The normalized spacial score (nSPS) is 10.7. The van der Waals surface area contributed by atoms with Crippen molar-refractivity contribution in [2.24, 2.45) is 0 Å². The summed E-state index contributed by atoms with van der Waals surface area (Å²) in [5.74, 6) is 0.666. The van der Waals surface area contributed by atoms with Crippen LogP contribution in [0.15, 0.2) is 39.5 Å². The molecule has 2 N–H and O–H groups in total. The molecule has 1 aromatic heterocycles. The van der Waals surface area contributed by atoms with Crippen molar-refractivity contribution in [3.05, 3.63) is 40.6 Å². The van der Waals surface area contributed by atoms with Crippen LogP contribution in [0.2, 0.25) is 0 Å². The van der Waals surface area contributed by atoms with Crippen molar-refractivity contribution in [3.8, 4) is 40.1 Å². The topological polar surface area (TPSA) is 98.4 Å². The van der Waals surface area contributed by atoms with Crippen molar-refractivity contribution < 1.29 is 28.8 Å². The van der Waals surface area contributed by atoms with E-state index in [1.807, 2.05) is 0 Å². The van der Waals surface area contributed by atoms with E-state index in [1.165, 1.54) is 51.7 Å². The molecule has 25 heavy (non-hydrogen) atoms. The largest absolute Gasteiger partial charge is 0.507 e. The molecule has 3 rings (SSSR count). The third kappa shape index (κ3) is 2.69. The average molecular weight is 344 g/mol. The van der Waals surface area contributed by atoms with Crippen LogP contribution in [0.25, 0.3) is 22.3 Å². The minimum Gasteiger partial charge on any atom is -0.507 e. The summed E-state index contributed by atoms with van der Waals surface area (Å²) < 4.78 is 21.3. The van der Waals surface area contributed by atoms with Crippen LogP contribution < -0.4 is 19.6 Å². The molecule has 0 amide bonds. The summed E-state index contributed by atoms with van der Waals surface area (Å²) in [6.07, 6.45) is 0. The third-order valence-electron chi connectivity index (χ3n) is 3.81. The molecule has 3 aromatic rings. The number of benzene rings is 2. The highest BCUT2D eigenvalue weighted by Crippen LogP contribution is 2.41. The van der Waals surface area contributed by atoms with E-state index in [-0.39, 0.29) is 34.0 Å². The lowest BCUT2D eigenvalue weighted by Gasteiger charge is -2.13. The van der Waals surface area contributed by atoms with E-state index in [1.54, 1.807) is 0 Å². The Hall–Kier alpha value is -3.35. The van der Waals surface area contributed by atoms with Crippen LogP contribution >= 0.6 is 0 Å². The summed E-state index contributed by atoms with van der Waals surface area (Å²) in [4.78, 5) is 12.5. The molecule has 0 fully saturated rings. The maximum atomic E-state index is 12.5. The molecule has 1 heterocycles. The number of methoxy groups -OCH3 is 3. The Bertz CT molecular complexity index is 1000. The van der Waals surface area contributed by atoms with Gasteiger partial charge in [0.2, 0.25) is 0 Å². The van der Waals surface area contributed by atoms with E-state index in [4.69, 9.17) is 18.6 Å². The summed E-state index contributed by atoms with van der Waals surface area (Å²) >= 11 is 0. The number of aromatic hydroxyl groups is 2. The first-order valence-corrected chi connectivity index (χ1v) is 7.29. The number of fused-ring (bicyclic) bond motifs is 1. The van der Waals surface area contributed by atoms with Gasteiger partial charge in [-0.1, -0.05) is 0 Å². The van der Waals surface area contributed by atoms with E-state index in [0.717, 1.165) is 0 Å². The Morgan fingerprint density at radius 2 is 1.52 bits per heavy atom. The first kappa shape index (κ1) is 16.5. The summed E-state index contributed by atoms with van der Waals surface area (Å²) in [6, 6.07) is 6.92. The van der Waals surface area contributed by atoms with Gasteiger partial charge >= 0.3 is 0 Å². The monoisotopic (exact) mass is 344 g/mol. The van der Waals surface area contributed by atoms with Crippen molar-refractivity contribution in [2.75, 3.05) is 21.3 Å². The van der Waals surface area contributed by atoms with Crippen LogP contribution in [0.4, 0.5) is 0 Å². The van der Waals surface area contributed by atoms with Gasteiger partial charge in [0, 0.05) is 12.1 Å². The molecule has 0 radical (unpaired) electrons. The van der Waals surface area contributed by atoms with Gasteiger partial charge in [0.05, 0.1) is 26.9 Å². The zero-order valence-corrected chi connectivity index (χ0v) is 13.8. The molecule has 0 aliphatic heterocycles. The minimum atomic E-state index is -0.454. The Morgan fingerprint density at radius 3 is 2.16 bits per heavy atom. The second-order valence-corrected chi connectivity index (χ2v) is 5.19. The van der Waals surface area contributed by atoms with Crippen LogP contribution in [0, 0.1) is 0 Å². The number of ether oxygens (including phenoxy) is 3. The van der Waals surface area contributed by atoms with Crippen LogP contribution in [-0.4, -0.2) is 31.5 Å². The molecule has 0 aliphatic carbocycles. The molecule has 0 spiro atoms. The SMILES string of the molecule is COc1cc(OC)c(-c2cc(=O)c3c(O)ccc(OC)c3o2)cc1O. The van der Waals surface area contributed by atoms with E-state index in [9.17, 15) is 15.0 Å². The van der Waals surface area contributed by atoms with Gasteiger partial charge in [0.15, 0.2) is 28.3 Å². The maximum Gasteiger partial charge on any atom is 0.197 e.